The van der Waals surface area contributed by atoms with Gasteiger partial charge < -0.3 is 5.32 Å². The molecule has 21 heavy (non-hydrogen) atoms. The Kier molecular flexibility index (Phi) is 5.04. The Balaban J connectivity index is 1.56. The van der Waals surface area contributed by atoms with E-state index < -0.39 is 0 Å². The van der Waals surface area contributed by atoms with Crippen molar-refractivity contribution >= 4 is 11.3 Å². The fourth-order valence-corrected chi connectivity index (χ4v) is 4.11. The summed E-state index contributed by atoms with van der Waals surface area (Å²) in [5.74, 6) is 0.814. The van der Waals surface area contributed by atoms with Crippen molar-refractivity contribution in [1.82, 2.24) is 10.3 Å². The van der Waals surface area contributed by atoms with Crippen molar-refractivity contribution in [2.24, 2.45) is 5.92 Å². The van der Waals surface area contributed by atoms with Crippen molar-refractivity contribution in [2.45, 2.75) is 45.1 Å². The van der Waals surface area contributed by atoms with Crippen LogP contribution in [0.5, 0.6) is 0 Å². The van der Waals surface area contributed by atoms with Gasteiger partial charge in [0.25, 0.3) is 0 Å². The Morgan fingerprint density at radius 2 is 2.10 bits per heavy atom. The van der Waals surface area contributed by atoms with Crippen molar-refractivity contribution < 1.29 is 0 Å². The largest absolute Gasteiger partial charge is 0.314 e. The molecule has 0 saturated heterocycles. The molecular formula is C18H24N2S. The number of nitrogens with one attached hydrogen (secondary N) is 1. The average molecular weight is 300 g/mol. The second-order valence-electron chi connectivity index (χ2n) is 6.03. The van der Waals surface area contributed by atoms with Crippen LogP contribution in [-0.2, 0) is 6.42 Å². The minimum absolute atomic E-state index is 0.739. The summed E-state index contributed by atoms with van der Waals surface area (Å²) in [6, 6.07) is 11.2. The lowest BCUT2D eigenvalue weighted by molar-refractivity contribution is 0.483. The number of thiazole rings is 1. The molecule has 1 aromatic heterocycles. The first-order chi connectivity index (χ1) is 10.3. The van der Waals surface area contributed by atoms with Crippen LogP contribution in [0.25, 0.3) is 11.3 Å². The van der Waals surface area contributed by atoms with Crippen LogP contribution < -0.4 is 5.32 Å². The van der Waals surface area contributed by atoms with Crippen LogP contribution in [0.15, 0.2) is 35.7 Å². The zero-order valence-electron chi connectivity index (χ0n) is 12.7. The molecule has 1 aliphatic rings. The number of aromatic nitrogens is 1. The molecule has 0 aliphatic heterocycles. The number of rotatable bonds is 6. The van der Waals surface area contributed by atoms with Gasteiger partial charge in [0.1, 0.15) is 0 Å². The Labute approximate surface area is 131 Å². The topological polar surface area (TPSA) is 24.9 Å². The van der Waals surface area contributed by atoms with Crippen LogP contribution >= 0.6 is 11.3 Å². The molecule has 1 aromatic carbocycles. The molecule has 0 bridgehead atoms. The first-order valence-electron chi connectivity index (χ1n) is 8.08. The normalized spacial score (nSPS) is 21.8. The zero-order valence-corrected chi connectivity index (χ0v) is 13.5. The van der Waals surface area contributed by atoms with Crippen molar-refractivity contribution in [3.63, 3.8) is 0 Å². The highest BCUT2D eigenvalue weighted by Crippen LogP contribution is 2.31. The Hall–Kier alpha value is -1.19. The molecular weight excluding hydrogens is 276 g/mol. The highest BCUT2D eigenvalue weighted by molar-refractivity contribution is 7.09. The summed E-state index contributed by atoms with van der Waals surface area (Å²) in [6.07, 6.45) is 6.39. The maximum Gasteiger partial charge on any atom is 0.0935 e. The third kappa shape index (κ3) is 3.92. The Bertz CT molecular complexity index is 549. The molecule has 112 valence electrons. The van der Waals surface area contributed by atoms with Gasteiger partial charge in [-0.2, -0.15) is 0 Å². The van der Waals surface area contributed by atoms with E-state index in [4.69, 9.17) is 4.98 Å². The molecule has 3 rings (SSSR count). The predicted molar refractivity (Wildman–Crippen MR) is 90.7 cm³/mol. The third-order valence-corrected chi connectivity index (χ3v) is 5.18. The average Bonchev–Trinajstić information content (AvgIpc) is 3.16. The van der Waals surface area contributed by atoms with Crippen molar-refractivity contribution in [3.8, 4) is 11.3 Å². The van der Waals surface area contributed by atoms with Crippen LogP contribution in [0.1, 0.15) is 37.6 Å². The number of hydrogen-bond acceptors (Lipinski definition) is 3. The fraction of sp³-hybridized carbons (Fsp3) is 0.500. The zero-order chi connectivity index (χ0) is 14.5. The van der Waals surface area contributed by atoms with Gasteiger partial charge in [0.05, 0.1) is 10.7 Å². The van der Waals surface area contributed by atoms with Gasteiger partial charge in [-0.3, -0.25) is 0 Å². The maximum absolute atomic E-state index is 4.83. The lowest BCUT2D eigenvalue weighted by Gasteiger charge is -2.11. The van der Waals surface area contributed by atoms with Crippen LogP contribution in [0.2, 0.25) is 0 Å². The van der Waals surface area contributed by atoms with E-state index in [1.165, 1.54) is 36.3 Å². The summed E-state index contributed by atoms with van der Waals surface area (Å²) in [6.45, 7) is 3.40. The number of nitrogens with zero attached hydrogens (tertiary/aromatic N) is 1. The van der Waals surface area contributed by atoms with Crippen molar-refractivity contribution in [2.75, 3.05) is 6.54 Å². The summed E-state index contributed by atoms with van der Waals surface area (Å²) in [5.41, 5.74) is 2.36. The molecule has 1 aliphatic carbocycles. The van der Waals surface area contributed by atoms with Crippen LogP contribution in [0.3, 0.4) is 0 Å². The van der Waals surface area contributed by atoms with E-state index in [9.17, 15) is 0 Å². The Morgan fingerprint density at radius 3 is 2.90 bits per heavy atom. The first-order valence-corrected chi connectivity index (χ1v) is 8.96. The molecule has 1 heterocycles. The molecule has 0 spiro atoms. The predicted octanol–water partition coefficient (Wildman–Crippen LogP) is 4.52. The fourth-order valence-electron chi connectivity index (χ4n) is 3.19. The van der Waals surface area contributed by atoms with Crippen LogP contribution in [0, 0.1) is 5.92 Å². The molecule has 2 atom stereocenters. The molecule has 2 unspecified atom stereocenters. The lowest BCUT2D eigenvalue weighted by Crippen LogP contribution is -2.27. The SMILES string of the molecule is CCCNC1CCC(Cc2nc(-c3ccccc3)cs2)C1. The van der Waals surface area contributed by atoms with E-state index in [0.717, 1.165) is 30.6 Å². The molecule has 1 N–H and O–H groups in total. The van der Waals surface area contributed by atoms with Gasteiger partial charge in [0.15, 0.2) is 0 Å². The highest BCUT2D eigenvalue weighted by atomic mass is 32.1. The van der Waals surface area contributed by atoms with Gasteiger partial charge in [-0.25, -0.2) is 4.98 Å². The minimum atomic E-state index is 0.739. The van der Waals surface area contributed by atoms with E-state index in [0.29, 0.717) is 0 Å². The standard InChI is InChI=1S/C18H24N2S/c1-2-10-19-16-9-8-14(11-16)12-18-20-17(13-21-18)15-6-4-3-5-7-15/h3-7,13-14,16,19H,2,8-12H2,1H3. The molecule has 2 nitrogen and oxygen atoms in total. The monoisotopic (exact) mass is 300 g/mol. The molecule has 2 aromatic rings. The second kappa shape index (κ2) is 7.19. The quantitative estimate of drug-likeness (QED) is 0.848. The van der Waals surface area contributed by atoms with Gasteiger partial charge >= 0.3 is 0 Å². The molecule has 0 amide bonds. The molecule has 3 heteroatoms. The van der Waals surface area contributed by atoms with Gasteiger partial charge in [0, 0.05) is 23.4 Å². The molecule has 0 radical (unpaired) electrons. The Morgan fingerprint density at radius 1 is 1.24 bits per heavy atom. The van der Waals surface area contributed by atoms with E-state index in [1.807, 2.05) is 11.3 Å². The number of hydrogen-bond donors (Lipinski definition) is 1. The minimum Gasteiger partial charge on any atom is -0.314 e. The first kappa shape index (κ1) is 14.7. The lowest BCUT2D eigenvalue weighted by atomic mass is 10.0. The van der Waals surface area contributed by atoms with Crippen molar-refractivity contribution in [1.29, 1.82) is 0 Å². The second-order valence-corrected chi connectivity index (χ2v) is 6.97. The molecule has 1 fully saturated rings. The van der Waals surface area contributed by atoms with E-state index >= 15 is 0 Å². The summed E-state index contributed by atoms with van der Waals surface area (Å²) >= 11 is 1.82. The molecule has 1 saturated carbocycles. The van der Waals surface area contributed by atoms with Gasteiger partial charge in [-0.15, -0.1) is 11.3 Å². The summed E-state index contributed by atoms with van der Waals surface area (Å²) in [5, 5.41) is 7.16. The van der Waals surface area contributed by atoms with E-state index in [-0.39, 0.29) is 0 Å². The summed E-state index contributed by atoms with van der Waals surface area (Å²) < 4.78 is 0. The number of benzene rings is 1. The van der Waals surface area contributed by atoms with Gasteiger partial charge in [-0.05, 0) is 38.1 Å². The van der Waals surface area contributed by atoms with E-state index in [1.54, 1.807) is 0 Å². The van der Waals surface area contributed by atoms with Crippen molar-refractivity contribution in [3.05, 3.63) is 40.7 Å². The highest BCUT2D eigenvalue weighted by Gasteiger charge is 2.25. The third-order valence-electron chi connectivity index (χ3n) is 4.31. The van der Waals surface area contributed by atoms with E-state index in [2.05, 4.69) is 48.0 Å². The summed E-state index contributed by atoms with van der Waals surface area (Å²) in [4.78, 5) is 4.83. The van der Waals surface area contributed by atoms with Gasteiger partial charge in [-0.1, -0.05) is 37.3 Å². The van der Waals surface area contributed by atoms with Gasteiger partial charge in [0.2, 0.25) is 0 Å². The summed E-state index contributed by atoms with van der Waals surface area (Å²) in [7, 11) is 0. The smallest absolute Gasteiger partial charge is 0.0935 e. The van der Waals surface area contributed by atoms with Crippen LogP contribution in [-0.4, -0.2) is 17.6 Å². The van der Waals surface area contributed by atoms with Crippen LogP contribution in [0.4, 0.5) is 0 Å². The maximum atomic E-state index is 4.83.